The van der Waals surface area contributed by atoms with Crippen molar-refractivity contribution in [3.8, 4) is 0 Å². The van der Waals surface area contributed by atoms with Crippen LogP contribution in [0.5, 0.6) is 0 Å². The Morgan fingerprint density at radius 3 is 2.67 bits per heavy atom. The molecule has 0 aromatic heterocycles. The van der Waals surface area contributed by atoms with E-state index in [0.29, 0.717) is 5.12 Å². The van der Waals surface area contributed by atoms with Gasteiger partial charge in [0, 0.05) is 0 Å². The molecule has 0 saturated heterocycles. The second-order valence-corrected chi connectivity index (χ2v) is 2.06. The molecule has 0 amide bonds. The second kappa shape index (κ2) is 2.49. The summed E-state index contributed by atoms with van der Waals surface area (Å²) in [6.07, 6.45) is 1.26. The van der Waals surface area contributed by atoms with E-state index in [0.717, 1.165) is 0 Å². The molecule has 0 atom stereocenters. The lowest BCUT2D eigenvalue weighted by molar-refractivity contribution is -0.0810. The normalized spacial score (nSPS) is 22.1. The second-order valence-electron chi connectivity index (χ2n) is 1.68. The standard InChI is InChI=1S/C4H5ClF2N2/c5-4-1-2-8(6)3-9(4)7/h1H,2-3H2. The lowest BCUT2D eigenvalue weighted by Crippen LogP contribution is -2.30. The molecule has 0 aliphatic carbocycles. The van der Waals surface area contributed by atoms with E-state index in [1.54, 1.807) is 0 Å². The zero-order chi connectivity index (χ0) is 6.85. The fraction of sp³-hybridized carbons (Fsp3) is 0.500. The van der Waals surface area contributed by atoms with Crippen LogP contribution in [0.25, 0.3) is 0 Å². The van der Waals surface area contributed by atoms with Crippen LogP contribution in [0, 0.1) is 0 Å². The van der Waals surface area contributed by atoms with Crippen LogP contribution < -0.4 is 0 Å². The van der Waals surface area contributed by atoms with E-state index >= 15 is 0 Å². The maximum atomic E-state index is 12.2. The molecule has 52 valence electrons. The molecule has 5 heteroatoms. The summed E-state index contributed by atoms with van der Waals surface area (Å²) >= 11 is 5.25. The van der Waals surface area contributed by atoms with Gasteiger partial charge in [-0.15, -0.1) is 9.60 Å². The largest absolute Gasteiger partial charge is 0.184 e. The average molecular weight is 155 g/mol. The lowest BCUT2D eigenvalue weighted by Gasteiger charge is -2.20. The first-order valence-corrected chi connectivity index (χ1v) is 2.77. The zero-order valence-corrected chi connectivity index (χ0v) is 5.28. The summed E-state index contributed by atoms with van der Waals surface area (Å²) in [7, 11) is 0. The fourth-order valence-corrected chi connectivity index (χ4v) is 0.656. The van der Waals surface area contributed by atoms with Crippen LogP contribution in [0.1, 0.15) is 0 Å². The maximum Gasteiger partial charge on any atom is 0.133 e. The van der Waals surface area contributed by atoms with Gasteiger partial charge in [-0.05, 0) is 6.08 Å². The van der Waals surface area contributed by atoms with Crippen molar-refractivity contribution in [3.05, 3.63) is 11.2 Å². The van der Waals surface area contributed by atoms with Crippen LogP contribution in [0.3, 0.4) is 0 Å². The predicted octanol–water partition coefficient (Wildman–Crippen LogP) is 1.41. The van der Waals surface area contributed by atoms with Crippen LogP contribution in [0.15, 0.2) is 11.2 Å². The Balaban J connectivity index is 2.56. The molecule has 0 spiro atoms. The highest BCUT2D eigenvalue weighted by atomic mass is 35.5. The van der Waals surface area contributed by atoms with Gasteiger partial charge in [-0.3, -0.25) is 0 Å². The Morgan fingerprint density at radius 2 is 2.22 bits per heavy atom. The first-order valence-electron chi connectivity index (χ1n) is 2.40. The summed E-state index contributed by atoms with van der Waals surface area (Å²) in [5.74, 6) is 0. The highest BCUT2D eigenvalue weighted by molar-refractivity contribution is 6.29. The van der Waals surface area contributed by atoms with Crippen LogP contribution in [-0.4, -0.2) is 23.5 Å². The number of hydrogen-bond donors (Lipinski definition) is 0. The van der Waals surface area contributed by atoms with Crippen LogP contribution in [-0.2, 0) is 0 Å². The first-order chi connectivity index (χ1) is 4.20. The maximum absolute atomic E-state index is 12.2. The third kappa shape index (κ3) is 1.53. The summed E-state index contributed by atoms with van der Waals surface area (Å²) < 4.78 is 24.2. The van der Waals surface area contributed by atoms with Crippen molar-refractivity contribution in [2.45, 2.75) is 0 Å². The van der Waals surface area contributed by atoms with Gasteiger partial charge in [0.15, 0.2) is 0 Å². The minimum atomic E-state index is -0.407. The van der Waals surface area contributed by atoms with Crippen LogP contribution in [0.4, 0.5) is 8.96 Å². The Bertz CT molecular complexity index is 139. The van der Waals surface area contributed by atoms with Crippen molar-refractivity contribution in [2.24, 2.45) is 0 Å². The van der Waals surface area contributed by atoms with Gasteiger partial charge in [0.25, 0.3) is 0 Å². The Labute approximate surface area is 56.2 Å². The molecule has 0 aromatic carbocycles. The van der Waals surface area contributed by atoms with Crippen molar-refractivity contribution in [2.75, 3.05) is 13.2 Å². The van der Waals surface area contributed by atoms with Crippen molar-refractivity contribution in [1.82, 2.24) is 10.2 Å². The molecule has 1 rings (SSSR count). The predicted molar refractivity (Wildman–Crippen MR) is 29.6 cm³/mol. The Hall–Kier alpha value is -0.350. The van der Waals surface area contributed by atoms with Crippen molar-refractivity contribution in [1.29, 1.82) is 0 Å². The van der Waals surface area contributed by atoms with E-state index in [1.807, 2.05) is 0 Å². The van der Waals surface area contributed by atoms with E-state index in [9.17, 15) is 8.96 Å². The van der Waals surface area contributed by atoms with Gasteiger partial charge in [-0.25, -0.2) is 0 Å². The van der Waals surface area contributed by atoms with E-state index in [4.69, 9.17) is 11.6 Å². The van der Waals surface area contributed by atoms with Crippen LogP contribution in [0.2, 0.25) is 0 Å². The summed E-state index contributed by atoms with van der Waals surface area (Å²) in [6, 6.07) is 0. The zero-order valence-electron chi connectivity index (χ0n) is 4.52. The monoisotopic (exact) mass is 154 g/mol. The fourth-order valence-electron chi connectivity index (χ4n) is 0.533. The quantitative estimate of drug-likeness (QED) is 0.385. The van der Waals surface area contributed by atoms with Gasteiger partial charge in [0.05, 0.1) is 6.54 Å². The van der Waals surface area contributed by atoms with Gasteiger partial charge in [0.2, 0.25) is 0 Å². The molecule has 0 N–H and O–H groups in total. The lowest BCUT2D eigenvalue weighted by atomic mass is 10.5. The molecular formula is C4H5ClF2N2. The number of nitrogens with zero attached hydrogens (tertiary/aromatic N) is 2. The summed E-state index contributed by atoms with van der Waals surface area (Å²) in [6.45, 7) is -0.353. The molecule has 1 aliphatic heterocycles. The molecule has 9 heavy (non-hydrogen) atoms. The van der Waals surface area contributed by atoms with Gasteiger partial charge in [-0.1, -0.05) is 16.1 Å². The van der Waals surface area contributed by atoms with E-state index in [2.05, 4.69) is 0 Å². The van der Waals surface area contributed by atoms with Crippen molar-refractivity contribution >= 4 is 11.6 Å². The SMILES string of the molecule is FN1CC=C(Cl)N(F)C1. The number of hydrogen-bond acceptors (Lipinski definition) is 2. The van der Waals surface area contributed by atoms with Gasteiger partial charge < -0.3 is 0 Å². The molecule has 0 unspecified atom stereocenters. The van der Waals surface area contributed by atoms with Crippen molar-refractivity contribution in [3.63, 3.8) is 0 Å². The Morgan fingerprint density at radius 1 is 1.56 bits per heavy atom. The third-order valence-electron chi connectivity index (χ3n) is 0.967. The summed E-state index contributed by atoms with van der Waals surface area (Å²) in [5, 5.41) is 0.389. The molecule has 2 nitrogen and oxygen atoms in total. The summed E-state index contributed by atoms with van der Waals surface area (Å²) in [5.41, 5.74) is 0. The molecule has 0 fully saturated rings. The highest BCUT2D eigenvalue weighted by Gasteiger charge is 2.16. The Kier molecular flexibility index (Phi) is 1.87. The molecule has 0 saturated carbocycles. The molecule has 1 heterocycles. The molecular weight excluding hydrogens is 150 g/mol. The minimum Gasteiger partial charge on any atom is -0.184 e. The van der Waals surface area contributed by atoms with E-state index in [-0.39, 0.29) is 16.8 Å². The molecule has 0 aromatic rings. The smallest absolute Gasteiger partial charge is 0.133 e. The van der Waals surface area contributed by atoms with Crippen LogP contribution >= 0.6 is 11.6 Å². The number of halogens is 3. The first kappa shape index (κ1) is 6.77. The average Bonchev–Trinajstić information content (AvgIpc) is 1.80. The topological polar surface area (TPSA) is 6.48 Å². The van der Waals surface area contributed by atoms with Gasteiger partial charge in [-0.2, -0.15) is 5.12 Å². The molecule has 0 radical (unpaired) electrons. The molecule has 1 aliphatic rings. The van der Waals surface area contributed by atoms with E-state index < -0.39 is 6.67 Å². The summed E-state index contributed by atoms with van der Waals surface area (Å²) in [4.78, 5) is 0. The van der Waals surface area contributed by atoms with Gasteiger partial charge in [0.1, 0.15) is 11.8 Å². The van der Waals surface area contributed by atoms with Crippen molar-refractivity contribution < 1.29 is 8.96 Å². The highest BCUT2D eigenvalue weighted by Crippen LogP contribution is 2.15. The number of rotatable bonds is 0. The third-order valence-corrected chi connectivity index (χ3v) is 1.30. The molecule has 0 bridgehead atoms. The minimum absolute atomic E-state index is 0.0519. The van der Waals surface area contributed by atoms with Gasteiger partial charge >= 0.3 is 0 Å². The van der Waals surface area contributed by atoms with E-state index in [1.165, 1.54) is 6.08 Å².